The zero-order valence-electron chi connectivity index (χ0n) is 14.1. The Balaban J connectivity index is 1.28. The number of piperidine rings is 1. The first-order valence-electron chi connectivity index (χ1n) is 9.27. The van der Waals surface area contributed by atoms with E-state index in [-0.39, 0.29) is 5.91 Å². The molecule has 0 aromatic heterocycles. The van der Waals surface area contributed by atoms with E-state index in [2.05, 4.69) is 53.1 Å². The maximum atomic E-state index is 12.3. The van der Waals surface area contributed by atoms with Crippen molar-refractivity contribution >= 4 is 16.7 Å². The molecular formula is C21H26N2O. The van der Waals surface area contributed by atoms with Crippen LogP contribution in [0.2, 0.25) is 0 Å². The number of benzene rings is 2. The smallest absolute Gasteiger partial charge is 0.220 e. The maximum Gasteiger partial charge on any atom is 0.220 e. The number of rotatable bonds is 5. The molecule has 4 rings (SSSR count). The van der Waals surface area contributed by atoms with Gasteiger partial charge in [0.05, 0.1) is 0 Å². The minimum Gasteiger partial charge on any atom is -0.356 e. The summed E-state index contributed by atoms with van der Waals surface area (Å²) in [5.41, 5.74) is 1.31. The second kappa shape index (κ2) is 6.94. The Kier molecular flexibility index (Phi) is 4.52. The minimum absolute atomic E-state index is 0.224. The number of carbonyl (C=O) groups excluding carboxylic acids is 1. The Morgan fingerprint density at radius 1 is 1.04 bits per heavy atom. The third-order valence-electron chi connectivity index (χ3n) is 5.64. The number of hydrogen-bond donors (Lipinski definition) is 2. The van der Waals surface area contributed by atoms with Gasteiger partial charge in [-0.15, -0.1) is 0 Å². The molecule has 2 saturated heterocycles. The zero-order valence-corrected chi connectivity index (χ0v) is 14.1. The molecule has 126 valence electrons. The Morgan fingerprint density at radius 2 is 1.79 bits per heavy atom. The van der Waals surface area contributed by atoms with Crippen LogP contribution in [0.5, 0.6) is 0 Å². The number of hydrogen-bond acceptors (Lipinski definition) is 2. The van der Waals surface area contributed by atoms with Crippen molar-refractivity contribution < 1.29 is 4.79 Å². The van der Waals surface area contributed by atoms with Gasteiger partial charge in [0.1, 0.15) is 0 Å². The maximum absolute atomic E-state index is 12.3. The summed E-state index contributed by atoms with van der Waals surface area (Å²) in [6.07, 6.45) is 6.53. The molecule has 2 N–H and O–H groups in total. The van der Waals surface area contributed by atoms with Crippen LogP contribution in [-0.2, 0) is 11.2 Å². The van der Waals surface area contributed by atoms with Crippen molar-refractivity contribution in [2.45, 2.75) is 50.6 Å². The van der Waals surface area contributed by atoms with Gasteiger partial charge in [-0.1, -0.05) is 42.5 Å². The number of fused-ring (bicyclic) bond motifs is 3. The van der Waals surface area contributed by atoms with Crippen LogP contribution in [0.15, 0.2) is 42.5 Å². The van der Waals surface area contributed by atoms with Crippen LogP contribution in [0.25, 0.3) is 10.8 Å². The van der Waals surface area contributed by atoms with E-state index in [0.29, 0.717) is 24.4 Å². The van der Waals surface area contributed by atoms with Gasteiger partial charge >= 0.3 is 0 Å². The highest BCUT2D eigenvalue weighted by Crippen LogP contribution is 2.32. The highest BCUT2D eigenvalue weighted by molar-refractivity contribution is 5.85. The molecule has 0 aliphatic carbocycles. The van der Waals surface area contributed by atoms with Gasteiger partial charge in [-0.3, -0.25) is 4.79 Å². The second-order valence-corrected chi connectivity index (χ2v) is 7.42. The first-order valence-corrected chi connectivity index (χ1v) is 9.27. The van der Waals surface area contributed by atoms with Gasteiger partial charge in [0.25, 0.3) is 0 Å². The molecule has 2 heterocycles. The van der Waals surface area contributed by atoms with E-state index in [9.17, 15) is 4.79 Å². The van der Waals surface area contributed by atoms with Crippen molar-refractivity contribution in [3.63, 3.8) is 0 Å². The molecule has 0 radical (unpaired) electrons. The molecule has 2 unspecified atom stereocenters. The number of nitrogens with one attached hydrogen (secondary N) is 2. The fourth-order valence-corrected chi connectivity index (χ4v) is 4.52. The Morgan fingerprint density at radius 3 is 2.62 bits per heavy atom. The molecule has 2 bridgehead atoms. The fraction of sp³-hybridized carbons (Fsp3) is 0.476. The van der Waals surface area contributed by atoms with E-state index in [1.165, 1.54) is 42.0 Å². The SMILES string of the molecule is O=C(CC1CC2CCC(C1)N2)NCCc1cccc2ccccc12. The molecule has 2 aliphatic heterocycles. The summed E-state index contributed by atoms with van der Waals surface area (Å²) in [6.45, 7) is 0.727. The first-order chi connectivity index (χ1) is 11.8. The molecular weight excluding hydrogens is 296 g/mol. The lowest BCUT2D eigenvalue weighted by Crippen LogP contribution is -2.39. The molecule has 2 aliphatic rings. The van der Waals surface area contributed by atoms with Crippen molar-refractivity contribution in [3.05, 3.63) is 48.0 Å². The molecule has 2 aromatic rings. The summed E-state index contributed by atoms with van der Waals surface area (Å²) in [6, 6.07) is 16.2. The zero-order chi connectivity index (χ0) is 16.4. The van der Waals surface area contributed by atoms with Gasteiger partial charge in [-0.05, 0) is 54.4 Å². The summed E-state index contributed by atoms with van der Waals surface area (Å²) < 4.78 is 0. The van der Waals surface area contributed by atoms with E-state index in [0.717, 1.165) is 13.0 Å². The van der Waals surface area contributed by atoms with Gasteiger partial charge < -0.3 is 10.6 Å². The summed E-state index contributed by atoms with van der Waals surface area (Å²) in [5.74, 6) is 0.794. The van der Waals surface area contributed by atoms with Crippen molar-refractivity contribution in [1.29, 1.82) is 0 Å². The first kappa shape index (κ1) is 15.6. The summed E-state index contributed by atoms with van der Waals surface area (Å²) in [4.78, 5) is 12.3. The molecule has 2 atom stereocenters. The normalized spacial score (nSPS) is 25.8. The topological polar surface area (TPSA) is 41.1 Å². The molecule has 2 aromatic carbocycles. The molecule has 24 heavy (non-hydrogen) atoms. The lowest BCUT2D eigenvalue weighted by molar-refractivity contribution is -0.122. The molecule has 3 heteroatoms. The van der Waals surface area contributed by atoms with Crippen molar-refractivity contribution in [2.75, 3.05) is 6.54 Å². The van der Waals surface area contributed by atoms with E-state index >= 15 is 0 Å². The van der Waals surface area contributed by atoms with E-state index in [1.807, 2.05) is 0 Å². The minimum atomic E-state index is 0.224. The van der Waals surface area contributed by atoms with Crippen molar-refractivity contribution in [1.82, 2.24) is 10.6 Å². The molecule has 1 amide bonds. The summed E-state index contributed by atoms with van der Waals surface area (Å²) >= 11 is 0. The third-order valence-corrected chi connectivity index (χ3v) is 5.64. The highest BCUT2D eigenvalue weighted by atomic mass is 16.1. The standard InChI is InChI=1S/C21H26N2O/c24-21(14-15-12-18-8-9-19(13-15)23-18)22-11-10-17-6-3-5-16-4-1-2-7-20(16)17/h1-7,15,18-19,23H,8-14H2,(H,22,24). The average Bonchev–Trinajstić information content (AvgIpc) is 2.93. The Labute approximate surface area is 143 Å². The number of amides is 1. The fourth-order valence-electron chi connectivity index (χ4n) is 4.52. The van der Waals surface area contributed by atoms with Gasteiger partial charge in [0, 0.05) is 25.0 Å². The average molecular weight is 322 g/mol. The molecule has 2 fully saturated rings. The van der Waals surface area contributed by atoms with Gasteiger partial charge in [-0.25, -0.2) is 0 Å². The van der Waals surface area contributed by atoms with Crippen LogP contribution in [0.1, 0.15) is 37.7 Å². The van der Waals surface area contributed by atoms with Crippen molar-refractivity contribution in [3.8, 4) is 0 Å². The number of carbonyl (C=O) groups is 1. The third kappa shape index (κ3) is 3.46. The van der Waals surface area contributed by atoms with Crippen LogP contribution in [0, 0.1) is 5.92 Å². The van der Waals surface area contributed by atoms with Crippen LogP contribution >= 0.6 is 0 Å². The second-order valence-electron chi connectivity index (χ2n) is 7.42. The summed E-state index contributed by atoms with van der Waals surface area (Å²) in [5, 5.41) is 9.34. The van der Waals surface area contributed by atoms with Crippen molar-refractivity contribution in [2.24, 2.45) is 5.92 Å². The predicted molar refractivity (Wildman–Crippen MR) is 97.9 cm³/mol. The highest BCUT2D eigenvalue weighted by Gasteiger charge is 2.34. The van der Waals surface area contributed by atoms with Crippen LogP contribution in [0.4, 0.5) is 0 Å². The Hall–Kier alpha value is -1.87. The van der Waals surface area contributed by atoms with Crippen LogP contribution in [0.3, 0.4) is 0 Å². The lowest BCUT2D eigenvalue weighted by atomic mass is 9.89. The lowest BCUT2D eigenvalue weighted by Gasteiger charge is -2.28. The largest absolute Gasteiger partial charge is 0.356 e. The van der Waals surface area contributed by atoms with Crippen LogP contribution in [-0.4, -0.2) is 24.5 Å². The van der Waals surface area contributed by atoms with E-state index < -0.39 is 0 Å². The van der Waals surface area contributed by atoms with E-state index in [4.69, 9.17) is 0 Å². The molecule has 3 nitrogen and oxygen atoms in total. The molecule has 0 spiro atoms. The Bertz CT molecular complexity index is 709. The summed E-state index contributed by atoms with van der Waals surface area (Å²) in [7, 11) is 0. The van der Waals surface area contributed by atoms with Crippen LogP contribution < -0.4 is 10.6 Å². The van der Waals surface area contributed by atoms with Gasteiger partial charge in [0.15, 0.2) is 0 Å². The van der Waals surface area contributed by atoms with E-state index in [1.54, 1.807) is 0 Å². The van der Waals surface area contributed by atoms with Gasteiger partial charge in [-0.2, -0.15) is 0 Å². The molecule has 0 saturated carbocycles. The monoisotopic (exact) mass is 322 g/mol. The predicted octanol–water partition coefficient (Wildman–Crippen LogP) is 3.42. The quantitative estimate of drug-likeness (QED) is 0.885. The van der Waals surface area contributed by atoms with Gasteiger partial charge in [0.2, 0.25) is 5.91 Å².